The van der Waals surface area contributed by atoms with Crippen LogP contribution in [0.2, 0.25) is 0 Å². The van der Waals surface area contributed by atoms with Crippen molar-refractivity contribution in [3.05, 3.63) is 36.5 Å². The lowest BCUT2D eigenvalue weighted by Crippen LogP contribution is -2.45. The van der Waals surface area contributed by atoms with Gasteiger partial charge in [-0.05, 0) is 44.9 Å². The van der Waals surface area contributed by atoms with Gasteiger partial charge in [-0.15, -0.1) is 0 Å². The summed E-state index contributed by atoms with van der Waals surface area (Å²) in [5.74, 6) is -0.0784. The van der Waals surface area contributed by atoms with Gasteiger partial charge in [0.05, 0.1) is 18.8 Å². The molecule has 2 unspecified atom stereocenters. The van der Waals surface area contributed by atoms with Crippen LogP contribution in [0.3, 0.4) is 0 Å². The van der Waals surface area contributed by atoms with Gasteiger partial charge in [-0.25, -0.2) is 0 Å². The molecule has 49 heavy (non-hydrogen) atoms. The SMILES string of the molecule is CCCCCCCCCCCCCCCCC/C=C/CC/C=C/CC/C=C/C(O)C(CO)NC(=O)CCCCCCCCCCCCCC. The summed E-state index contributed by atoms with van der Waals surface area (Å²) in [6.07, 6.45) is 54.0. The third-order valence-corrected chi connectivity index (χ3v) is 9.85. The molecule has 0 aliphatic rings. The van der Waals surface area contributed by atoms with E-state index in [-0.39, 0.29) is 12.5 Å². The van der Waals surface area contributed by atoms with E-state index in [0.717, 1.165) is 38.5 Å². The Balaban J connectivity index is 3.61. The van der Waals surface area contributed by atoms with Gasteiger partial charge in [0.1, 0.15) is 0 Å². The topological polar surface area (TPSA) is 69.6 Å². The fourth-order valence-electron chi connectivity index (χ4n) is 6.50. The van der Waals surface area contributed by atoms with E-state index in [9.17, 15) is 15.0 Å². The Kier molecular flexibility index (Phi) is 39.9. The molecule has 0 aliphatic carbocycles. The Morgan fingerprint density at radius 3 is 1.18 bits per heavy atom. The fourth-order valence-corrected chi connectivity index (χ4v) is 6.50. The first kappa shape index (κ1) is 47.6. The van der Waals surface area contributed by atoms with Crippen molar-refractivity contribution in [2.45, 2.75) is 238 Å². The molecule has 2 atom stereocenters. The van der Waals surface area contributed by atoms with E-state index in [1.54, 1.807) is 6.08 Å². The number of rotatable bonds is 39. The van der Waals surface area contributed by atoms with E-state index in [1.165, 1.54) is 167 Å². The summed E-state index contributed by atoms with van der Waals surface area (Å²) in [5, 5.41) is 22.9. The number of aliphatic hydroxyl groups excluding tert-OH is 2. The maximum absolute atomic E-state index is 12.3. The predicted molar refractivity (Wildman–Crippen MR) is 216 cm³/mol. The van der Waals surface area contributed by atoms with Gasteiger partial charge in [0.15, 0.2) is 0 Å². The normalized spacial score (nSPS) is 13.3. The van der Waals surface area contributed by atoms with Gasteiger partial charge in [-0.2, -0.15) is 0 Å². The standard InChI is InChI=1S/C45H85NO3/c1-3-5-7-9-11-13-15-17-18-19-20-21-22-23-24-25-26-27-28-29-30-32-34-36-38-40-44(48)43(42-47)46-45(49)41-39-37-35-33-31-16-14-12-10-8-6-4-2/h26-27,30,32,38,40,43-44,47-48H,3-25,28-29,31,33-37,39,41-42H2,1-2H3,(H,46,49)/b27-26+,32-30+,40-38+. The number of hydrogen-bond acceptors (Lipinski definition) is 3. The summed E-state index contributed by atoms with van der Waals surface area (Å²) in [5.41, 5.74) is 0. The average Bonchev–Trinajstić information content (AvgIpc) is 3.10. The molecule has 0 aliphatic heterocycles. The second kappa shape index (κ2) is 41.0. The van der Waals surface area contributed by atoms with E-state index in [1.807, 2.05) is 6.08 Å². The van der Waals surface area contributed by atoms with Crippen molar-refractivity contribution in [2.24, 2.45) is 0 Å². The number of carbonyl (C=O) groups is 1. The van der Waals surface area contributed by atoms with Crippen molar-refractivity contribution >= 4 is 5.91 Å². The minimum absolute atomic E-state index is 0.0784. The Morgan fingerprint density at radius 2 is 0.796 bits per heavy atom. The molecular weight excluding hydrogens is 602 g/mol. The highest BCUT2D eigenvalue weighted by atomic mass is 16.3. The van der Waals surface area contributed by atoms with Gasteiger partial charge < -0.3 is 15.5 Å². The third-order valence-electron chi connectivity index (χ3n) is 9.85. The highest BCUT2D eigenvalue weighted by Crippen LogP contribution is 2.15. The van der Waals surface area contributed by atoms with E-state index >= 15 is 0 Å². The molecule has 0 rings (SSSR count). The number of unbranched alkanes of at least 4 members (excludes halogenated alkanes) is 28. The van der Waals surface area contributed by atoms with Crippen molar-refractivity contribution in [2.75, 3.05) is 6.61 Å². The second-order valence-corrected chi connectivity index (χ2v) is 14.8. The van der Waals surface area contributed by atoms with Crippen molar-refractivity contribution in [3.8, 4) is 0 Å². The molecule has 0 saturated carbocycles. The molecule has 0 aromatic carbocycles. The zero-order valence-corrected chi connectivity index (χ0v) is 33.0. The van der Waals surface area contributed by atoms with Crippen LogP contribution in [0.25, 0.3) is 0 Å². The number of hydrogen-bond donors (Lipinski definition) is 3. The third kappa shape index (κ3) is 37.7. The summed E-state index contributed by atoms with van der Waals surface area (Å²) >= 11 is 0. The number of aliphatic hydroxyl groups is 2. The zero-order valence-electron chi connectivity index (χ0n) is 33.0. The maximum atomic E-state index is 12.3. The lowest BCUT2D eigenvalue weighted by atomic mass is 10.0. The number of carbonyl (C=O) groups excluding carboxylic acids is 1. The zero-order chi connectivity index (χ0) is 35.7. The van der Waals surface area contributed by atoms with Crippen molar-refractivity contribution in [1.82, 2.24) is 5.32 Å². The van der Waals surface area contributed by atoms with Crippen molar-refractivity contribution in [1.29, 1.82) is 0 Å². The molecule has 0 saturated heterocycles. The summed E-state index contributed by atoms with van der Waals surface area (Å²) < 4.78 is 0. The molecule has 4 nitrogen and oxygen atoms in total. The van der Waals surface area contributed by atoms with Crippen molar-refractivity contribution in [3.63, 3.8) is 0 Å². The van der Waals surface area contributed by atoms with Crippen LogP contribution in [0.4, 0.5) is 0 Å². The number of amides is 1. The van der Waals surface area contributed by atoms with Gasteiger partial charge in [0.25, 0.3) is 0 Å². The monoisotopic (exact) mass is 688 g/mol. The molecule has 288 valence electrons. The molecule has 0 spiro atoms. The quantitative estimate of drug-likeness (QED) is 0.0445. The van der Waals surface area contributed by atoms with Gasteiger partial charge in [0, 0.05) is 6.42 Å². The van der Waals surface area contributed by atoms with E-state index in [2.05, 4.69) is 43.5 Å². The molecule has 0 radical (unpaired) electrons. The van der Waals surface area contributed by atoms with Crippen LogP contribution in [0, 0.1) is 0 Å². The van der Waals surface area contributed by atoms with E-state index < -0.39 is 12.1 Å². The summed E-state index contributed by atoms with van der Waals surface area (Å²) in [6, 6.07) is -0.641. The first-order chi connectivity index (χ1) is 24.2. The first-order valence-corrected chi connectivity index (χ1v) is 21.7. The summed E-state index contributed by atoms with van der Waals surface area (Å²) in [6.45, 7) is 4.29. The largest absolute Gasteiger partial charge is 0.394 e. The maximum Gasteiger partial charge on any atom is 0.220 e. The molecule has 4 heteroatoms. The lowest BCUT2D eigenvalue weighted by molar-refractivity contribution is -0.123. The van der Waals surface area contributed by atoms with Gasteiger partial charge >= 0.3 is 0 Å². The summed E-state index contributed by atoms with van der Waals surface area (Å²) in [7, 11) is 0. The minimum Gasteiger partial charge on any atom is -0.394 e. The molecular formula is C45H85NO3. The molecule has 1 amide bonds. The van der Waals surface area contributed by atoms with Crippen LogP contribution in [0.1, 0.15) is 226 Å². The van der Waals surface area contributed by atoms with E-state index in [4.69, 9.17) is 0 Å². The molecule has 0 aromatic rings. The van der Waals surface area contributed by atoms with Crippen LogP contribution < -0.4 is 5.32 Å². The molecule has 0 heterocycles. The number of allylic oxidation sites excluding steroid dienone is 5. The molecule has 3 N–H and O–H groups in total. The first-order valence-electron chi connectivity index (χ1n) is 21.7. The van der Waals surface area contributed by atoms with Crippen LogP contribution >= 0.6 is 0 Å². The van der Waals surface area contributed by atoms with Crippen LogP contribution in [0.5, 0.6) is 0 Å². The summed E-state index contributed by atoms with van der Waals surface area (Å²) in [4.78, 5) is 12.3. The van der Waals surface area contributed by atoms with Crippen LogP contribution in [-0.2, 0) is 4.79 Å². The molecule has 0 aromatic heterocycles. The van der Waals surface area contributed by atoms with Gasteiger partial charge in [-0.3, -0.25) is 4.79 Å². The second-order valence-electron chi connectivity index (χ2n) is 14.8. The van der Waals surface area contributed by atoms with Gasteiger partial charge in [0.2, 0.25) is 5.91 Å². The average molecular weight is 688 g/mol. The fraction of sp³-hybridized carbons (Fsp3) is 0.844. The minimum atomic E-state index is -0.866. The Hall–Kier alpha value is -1.39. The number of nitrogens with one attached hydrogen (secondary N) is 1. The lowest BCUT2D eigenvalue weighted by Gasteiger charge is -2.19. The van der Waals surface area contributed by atoms with Crippen LogP contribution in [0.15, 0.2) is 36.5 Å². The molecule has 0 fully saturated rings. The molecule has 0 bridgehead atoms. The Labute approximate surface area is 306 Å². The van der Waals surface area contributed by atoms with Crippen LogP contribution in [-0.4, -0.2) is 34.9 Å². The van der Waals surface area contributed by atoms with Gasteiger partial charge in [-0.1, -0.05) is 211 Å². The van der Waals surface area contributed by atoms with E-state index in [0.29, 0.717) is 6.42 Å². The highest BCUT2D eigenvalue weighted by Gasteiger charge is 2.17. The van der Waals surface area contributed by atoms with Crippen molar-refractivity contribution < 1.29 is 15.0 Å². The highest BCUT2D eigenvalue weighted by molar-refractivity contribution is 5.76. The Bertz CT molecular complexity index is 746. The smallest absolute Gasteiger partial charge is 0.220 e. The predicted octanol–water partition coefficient (Wildman–Crippen LogP) is 13.4. The Morgan fingerprint density at radius 1 is 0.469 bits per heavy atom.